The lowest BCUT2D eigenvalue weighted by molar-refractivity contribution is -0.121. The molecule has 6 nitrogen and oxygen atoms in total. The molecule has 2 aromatic heterocycles. The number of likely N-dealkylation sites (tertiary alicyclic amines) is 1. The summed E-state index contributed by atoms with van der Waals surface area (Å²) in [4.78, 5) is 28.8. The van der Waals surface area contributed by atoms with Crippen LogP contribution in [0.4, 0.5) is 0 Å². The van der Waals surface area contributed by atoms with Gasteiger partial charge in [-0.3, -0.25) is 19.8 Å². The molecular weight excluding hydrogens is 410 g/mol. The Labute approximate surface area is 194 Å². The van der Waals surface area contributed by atoms with Crippen molar-refractivity contribution in [2.45, 2.75) is 38.8 Å². The van der Waals surface area contributed by atoms with Gasteiger partial charge in [-0.15, -0.1) is 0 Å². The third-order valence-electron chi connectivity index (χ3n) is 6.66. The number of nitrogens with zero attached hydrogens (tertiary/aromatic N) is 4. The zero-order valence-electron chi connectivity index (χ0n) is 19.4. The van der Waals surface area contributed by atoms with E-state index in [0.29, 0.717) is 12.5 Å². The fourth-order valence-corrected chi connectivity index (χ4v) is 5.06. The summed E-state index contributed by atoms with van der Waals surface area (Å²) >= 11 is 0. The number of rotatable bonds is 5. The molecule has 1 fully saturated rings. The van der Waals surface area contributed by atoms with Crippen molar-refractivity contribution in [3.63, 3.8) is 0 Å². The van der Waals surface area contributed by atoms with E-state index >= 15 is 0 Å². The molecule has 6 heteroatoms. The molecule has 0 radical (unpaired) electrons. The number of likely N-dealkylation sites (N-methyl/N-ethyl adjacent to an activating group) is 1. The number of nitrogens with one attached hydrogen (secondary N) is 1. The molecule has 0 bridgehead atoms. The summed E-state index contributed by atoms with van der Waals surface area (Å²) in [6.45, 7) is 6.54. The van der Waals surface area contributed by atoms with Crippen LogP contribution in [0.15, 0.2) is 59.9 Å². The maximum absolute atomic E-state index is 13.0. The van der Waals surface area contributed by atoms with Crippen molar-refractivity contribution in [2.24, 2.45) is 4.99 Å². The Morgan fingerprint density at radius 3 is 2.79 bits per heavy atom. The third kappa shape index (κ3) is 4.44. The fourth-order valence-electron chi connectivity index (χ4n) is 5.06. The zero-order valence-corrected chi connectivity index (χ0v) is 19.4. The van der Waals surface area contributed by atoms with Crippen molar-refractivity contribution in [1.82, 2.24) is 20.2 Å². The summed E-state index contributed by atoms with van der Waals surface area (Å²) in [5.74, 6) is 0.318. The first-order valence-corrected chi connectivity index (χ1v) is 11.5. The molecule has 0 saturated carbocycles. The normalized spacial score (nSPS) is 19.9. The van der Waals surface area contributed by atoms with Gasteiger partial charge in [-0.05, 0) is 55.8 Å². The number of fused-ring (bicyclic) bond motifs is 1. The predicted molar refractivity (Wildman–Crippen MR) is 130 cm³/mol. The minimum Gasteiger partial charge on any atom is -0.351 e. The topological polar surface area (TPSA) is 70.5 Å². The number of hydrogen-bond donors (Lipinski definition) is 1. The van der Waals surface area contributed by atoms with Crippen LogP contribution in [0.5, 0.6) is 0 Å². The second-order valence-electron chi connectivity index (χ2n) is 9.22. The first kappa shape index (κ1) is 21.5. The summed E-state index contributed by atoms with van der Waals surface area (Å²) < 4.78 is 0. The summed E-state index contributed by atoms with van der Waals surface area (Å²) in [5, 5.41) is 3.29. The number of aliphatic imine (C=N–C) groups is 1. The number of carbonyl (C=O) groups excluding carboxylic acids is 1. The highest BCUT2D eigenvalue weighted by Crippen LogP contribution is 2.29. The van der Waals surface area contributed by atoms with Gasteiger partial charge in [-0.25, -0.2) is 0 Å². The molecule has 4 heterocycles. The second kappa shape index (κ2) is 8.87. The molecule has 0 unspecified atom stereocenters. The SMILES string of the molecule is Cc1cc(C2=NCc3cc(CC(=O)N[C@H]4CN(C)C[C@@H]4c4ccccc4C)ncc32)ccn1. The minimum atomic E-state index is 0.0187. The lowest BCUT2D eigenvalue weighted by Crippen LogP contribution is -2.40. The average Bonchev–Trinajstić information content (AvgIpc) is 3.37. The van der Waals surface area contributed by atoms with E-state index in [-0.39, 0.29) is 18.4 Å². The molecule has 5 rings (SSSR count). The monoisotopic (exact) mass is 439 g/mol. The van der Waals surface area contributed by atoms with Gasteiger partial charge in [0.05, 0.1) is 24.4 Å². The molecule has 3 aromatic rings. The number of pyridine rings is 2. The van der Waals surface area contributed by atoms with E-state index in [1.807, 2.05) is 37.5 Å². The van der Waals surface area contributed by atoms with Crippen LogP contribution in [0, 0.1) is 13.8 Å². The van der Waals surface area contributed by atoms with Crippen LogP contribution in [0.25, 0.3) is 0 Å². The minimum absolute atomic E-state index is 0.0187. The van der Waals surface area contributed by atoms with E-state index in [4.69, 9.17) is 4.99 Å². The summed E-state index contributed by atoms with van der Waals surface area (Å²) in [5.41, 5.74) is 8.52. The van der Waals surface area contributed by atoms with Crippen LogP contribution < -0.4 is 5.32 Å². The van der Waals surface area contributed by atoms with Crippen LogP contribution in [0.3, 0.4) is 0 Å². The van der Waals surface area contributed by atoms with Crippen molar-refractivity contribution in [2.75, 3.05) is 20.1 Å². The molecular formula is C27H29N5O. The third-order valence-corrected chi connectivity index (χ3v) is 6.66. The Hall–Kier alpha value is -3.38. The summed E-state index contributed by atoms with van der Waals surface area (Å²) in [7, 11) is 2.11. The molecule has 2 aliphatic rings. The predicted octanol–water partition coefficient (Wildman–Crippen LogP) is 3.20. The van der Waals surface area contributed by atoms with Crippen LogP contribution >= 0.6 is 0 Å². The molecule has 1 amide bonds. The molecule has 2 aliphatic heterocycles. The first-order valence-electron chi connectivity index (χ1n) is 11.5. The number of amides is 1. The zero-order chi connectivity index (χ0) is 22.9. The van der Waals surface area contributed by atoms with E-state index in [1.54, 1.807) is 0 Å². The van der Waals surface area contributed by atoms with E-state index < -0.39 is 0 Å². The highest BCUT2D eigenvalue weighted by molar-refractivity contribution is 6.15. The summed E-state index contributed by atoms with van der Waals surface area (Å²) in [6, 6.07) is 14.6. The van der Waals surface area contributed by atoms with Crippen molar-refractivity contribution >= 4 is 11.6 Å². The molecule has 0 spiro atoms. The second-order valence-corrected chi connectivity index (χ2v) is 9.22. The maximum atomic E-state index is 13.0. The van der Waals surface area contributed by atoms with Crippen LogP contribution in [-0.2, 0) is 17.8 Å². The Kier molecular flexibility index (Phi) is 5.77. The van der Waals surface area contributed by atoms with Gasteiger partial charge in [-0.2, -0.15) is 0 Å². The van der Waals surface area contributed by atoms with Gasteiger partial charge < -0.3 is 10.2 Å². The number of aryl methyl sites for hydroxylation is 2. The van der Waals surface area contributed by atoms with Crippen LogP contribution in [-0.4, -0.2) is 52.7 Å². The van der Waals surface area contributed by atoms with Crippen LogP contribution in [0.2, 0.25) is 0 Å². The van der Waals surface area contributed by atoms with Gasteiger partial charge in [0.2, 0.25) is 5.91 Å². The molecule has 0 aliphatic carbocycles. The van der Waals surface area contributed by atoms with Crippen LogP contribution in [0.1, 0.15) is 45.1 Å². The Bertz CT molecular complexity index is 1230. The quantitative estimate of drug-likeness (QED) is 0.663. The van der Waals surface area contributed by atoms with E-state index in [9.17, 15) is 4.79 Å². The fraction of sp³-hybridized carbons (Fsp3) is 0.333. The van der Waals surface area contributed by atoms with Gasteiger partial charge in [0, 0.05) is 54.3 Å². The number of benzene rings is 1. The number of aromatic nitrogens is 2. The average molecular weight is 440 g/mol. The lowest BCUT2D eigenvalue weighted by Gasteiger charge is -2.22. The maximum Gasteiger partial charge on any atom is 0.226 e. The van der Waals surface area contributed by atoms with Crippen molar-refractivity contribution in [3.8, 4) is 0 Å². The molecule has 2 atom stereocenters. The van der Waals surface area contributed by atoms with Gasteiger partial charge in [0.25, 0.3) is 0 Å². The number of carbonyl (C=O) groups is 1. The van der Waals surface area contributed by atoms with E-state index in [1.165, 1.54) is 11.1 Å². The molecule has 168 valence electrons. The highest BCUT2D eigenvalue weighted by atomic mass is 16.1. The van der Waals surface area contributed by atoms with Crippen molar-refractivity contribution < 1.29 is 4.79 Å². The Balaban J connectivity index is 1.28. The van der Waals surface area contributed by atoms with Gasteiger partial charge in [0.15, 0.2) is 0 Å². The van der Waals surface area contributed by atoms with Crippen molar-refractivity contribution in [3.05, 3.63) is 94.1 Å². The number of hydrogen-bond acceptors (Lipinski definition) is 5. The van der Waals surface area contributed by atoms with Gasteiger partial charge >= 0.3 is 0 Å². The Morgan fingerprint density at radius 2 is 1.97 bits per heavy atom. The molecule has 1 N–H and O–H groups in total. The van der Waals surface area contributed by atoms with Crippen molar-refractivity contribution in [1.29, 1.82) is 0 Å². The Morgan fingerprint density at radius 1 is 1.12 bits per heavy atom. The highest BCUT2D eigenvalue weighted by Gasteiger charge is 2.33. The summed E-state index contributed by atoms with van der Waals surface area (Å²) in [6.07, 6.45) is 3.94. The molecule has 33 heavy (non-hydrogen) atoms. The van der Waals surface area contributed by atoms with Gasteiger partial charge in [-0.1, -0.05) is 24.3 Å². The molecule has 1 saturated heterocycles. The largest absolute Gasteiger partial charge is 0.351 e. The smallest absolute Gasteiger partial charge is 0.226 e. The van der Waals surface area contributed by atoms with Gasteiger partial charge in [0.1, 0.15) is 0 Å². The first-order chi connectivity index (χ1) is 16.0. The van der Waals surface area contributed by atoms with E-state index in [2.05, 4.69) is 58.4 Å². The standard InChI is InChI=1S/C27H29N5O/c1-17-6-4-5-7-22(17)24-15-32(3)16-25(24)31-26(33)12-21-11-20-13-30-27(23(20)14-29-21)19-8-9-28-18(2)10-19/h4-11,14,24-25H,12-13,15-16H2,1-3H3,(H,31,33)/t24-,25+/m1/s1. The van der Waals surface area contributed by atoms with E-state index in [0.717, 1.165) is 46.9 Å². The lowest BCUT2D eigenvalue weighted by atomic mass is 9.91. The molecule has 1 aromatic carbocycles.